The van der Waals surface area contributed by atoms with Crippen molar-refractivity contribution in [2.24, 2.45) is 0 Å². The summed E-state index contributed by atoms with van der Waals surface area (Å²) in [6, 6.07) is 42.8. The van der Waals surface area contributed by atoms with Gasteiger partial charge in [-0.05, 0) is 98.0 Å². The number of hydrogen-bond donors (Lipinski definition) is 0. The average molecular weight is 704 g/mol. The number of nitrogens with zero attached hydrogens (tertiary/aromatic N) is 3. The zero-order valence-electron chi connectivity index (χ0n) is 32.8. The van der Waals surface area contributed by atoms with Gasteiger partial charge in [-0.15, -0.1) is 0 Å². The number of oxazole rings is 1. The Hall–Kier alpha value is -5.55. The molecule has 8 aromatic rings. The molecule has 0 saturated heterocycles. The summed E-state index contributed by atoms with van der Waals surface area (Å²) in [7, 11) is 0. The molecule has 0 spiro atoms. The van der Waals surface area contributed by atoms with Crippen LogP contribution in [-0.4, -0.2) is 16.4 Å². The van der Waals surface area contributed by atoms with Crippen molar-refractivity contribution in [2.45, 2.75) is 78.6 Å². The van der Waals surface area contributed by atoms with Crippen LogP contribution in [0.3, 0.4) is 0 Å². The van der Waals surface area contributed by atoms with E-state index in [-0.39, 0.29) is 23.1 Å². The van der Waals surface area contributed by atoms with Crippen LogP contribution in [-0.2, 0) is 16.2 Å². The molecule has 2 aliphatic heterocycles. The highest BCUT2D eigenvalue weighted by atomic mass is 16.3. The van der Waals surface area contributed by atoms with Crippen LogP contribution in [0.15, 0.2) is 120 Å². The second kappa shape index (κ2) is 11.0. The Morgan fingerprint density at radius 3 is 2.00 bits per heavy atom. The molecule has 0 amide bonds. The smallest absolute Gasteiger partial charge is 0.333 e. The van der Waals surface area contributed by atoms with E-state index in [1.807, 2.05) is 18.2 Å². The molecule has 0 bridgehead atoms. The summed E-state index contributed by atoms with van der Waals surface area (Å²) in [6.07, 6.45) is 0. The first-order valence-electron chi connectivity index (χ1n) is 19.3. The third-order valence-corrected chi connectivity index (χ3v) is 11.8. The number of rotatable bonds is 2. The molecule has 10 rings (SSSR count). The van der Waals surface area contributed by atoms with E-state index < -0.39 is 0 Å². The maximum Gasteiger partial charge on any atom is 0.333 e. The molecule has 5 heteroatoms. The second-order valence-corrected chi connectivity index (χ2v) is 18.5. The van der Waals surface area contributed by atoms with Gasteiger partial charge in [0, 0.05) is 45.0 Å². The molecule has 0 atom stereocenters. The molecule has 2 aliphatic rings. The highest BCUT2D eigenvalue weighted by Gasteiger charge is 2.45. The van der Waals surface area contributed by atoms with Gasteiger partial charge in [0.1, 0.15) is 5.52 Å². The van der Waals surface area contributed by atoms with Crippen molar-refractivity contribution >= 4 is 62.1 Å². The molecule has 4 heterocycles. The molecule has 266 valence electrons. The van der Waals surface area contributed by atoms with Crippen LogP contribution in [0.25, 0.3) is 61.2 Å². The van der Waals surface area contributed by atoms with Gasteiger partial charge in [-0.3, -0.25) is 0 Å². The van der Waals surface area contributed by atoms with Crippen LogP contribution in [0.4, 0.5) is 11.4 Å². The Balaban J connectivity index is 1.38. The Labute approximate surface area is 318 Å². The minimum Gasteiger partial charge on any atom is -0.436 e. The molecule has 0 fully saturated rings. The average Bonchev–Trinajstić information content (AvgIpc) is 3.71. The summed E-state index contributed by atoms with van der Waals surface area (Å²) in [4.78, 5) is 7.71. The van der Waals surface area contributed by atoms with E-state index in [4.69, 9.17) is 9.40 Å². The molecule has 0 N–H and O–H groups in total. The normalized spacial score (nSPS) is 13.9. The lowest BCUT2D eigenvalue weighted by molar-refractivity contribution is 0.590. The van der Waals surface area contributed by atoms with Crippen LogP contribution in [0, 0.1) is 0 Å². The number of hydrogen-bond acceptors (Lipinski definition) is 3. The van der Waals surface area contributed by atoms with Crippen molar-refractivity contribution in [3.05, 3.63) is 132 Å². The number of anilines is 2. The molecule has 0 saturated carbocycles. The van der Waals surface area contributed by atoms with Crippen molar-refractivity contribution < 1.29 is 4.42 Å². The van der Waals surface area contributed by atoms with Gasteiger partial charge in [-0.1, -0.05) is 123 Å². The Kier molecular flexibility index (Phi) is 6.74. The fraction of sp³-hybridized carbons (Fsp3) is 0.245. The van der Waals surface area contributed by atoms with Crippen molar-refractivity contribution in [1.29, 1.82) is 0 Å². The van der Waals surface area contributed by atoms with Crippen LogP contribution >= 0.6 is 0 Å². The van der Waals surface area contributed by atoms with Gasteiger partial charge < -0.3 is 13.8 Å². The minimum absolute atomic E-state index is 0.00807. The van der Waals surface area contributed by atoms with Crippen LogP contribution in [0.2, 0.25) is 0 Å². The highest BCUT2D eigenvalue weighted by Crippen LogP contribution is 2.48. The Morgan fingerprint density at radius 1 is 0.611 bits per heavy atom. The third-order valence-electron chi connectivity index (χ3n) is 11.8. The summed E-state index contributed by atoms with van der Waals surface area (Å²) in [5.41, 5.74) is 17.8. The Bertz CT molecular complexity index is 2820. The van der Waals surface area contributed by atoms with Crippen LogP contribution in [0.1, 0.15) is 79.0 Å². The maximum atomic E-state index is 6.62. The lowest BCUT2D eigenvalue weighted by atomic mass is 9.43. The molecule has 4 nitrogen and oxygen atoms in total. The zero-order chi connectivity index (χ0) is 37.5. The number of benzene rings is 6. The first kappa shape index (κ1) is 33.1. The first-order chi connectivity index (χ1) is 25.7. The predicted octanol–water partition coefficient (Wildman–Crippen LogP) is 11.7. The standard InChI is InChI=1S/C49H46BN3O/c1-47(2,3)30-19-22-32(23-20-30)53-40-18-14-13-17-33(40)34-26-36(49(7,8)9)43-35-25-31(48(4,5)6)21-24-39(35)52-41-28-42-38(27-37(41)50(53)44(34)45(43)52)51-46(54-42)29-15-11-10-12-16-29/h10-28H,1-9H3. The van der Waals surface area contributed by atoms with E-state index in [1.54, 1.807) is 0 Å². The topological polar surface area (TPSA) is 34.2 Å². The third kappa shape index (κ3) is 4.73. The summed E-state index contributed by atoms with van der Waals surface area (Å²) >= 11 is 0. The minimum atomic E-state index is -0.101. The van der Waals surface area contributed by atoms with E-state index >= 15 is 0 Å². The molecule has 0 aliphatic carbocycles. The van der Waals surface area contributed by atoms with E-state index in [0.717, 1.165) is 22.4 Å². The summed E-state index contributed by atoms with van der Waals surface area (Å²) in [5.74, 6) is 0.641. The quantitative estimate of drug-likeness (QED) is 0.168. The fourth-order valence-corrected chi connectivity index (χ4v) is 9.03. The molecule has 54 heavy (non-hydrogen) atoms. The van der Waals surface area contributed by atoms with Crippen molar-refractivity contribution in [3.8, 4) is 28.3 Å². The van der Waals surface area contributed by atoms with E-state index in [1.165, 1.54) is 71.9 Å². The second-order valence-electron chi connectivity index (χ2n) is 18.5. The van der Waals surface area contributed by atoms with Crippen LogP contribution < -0.4 is 15.7 Å². The van der Waals surface area contributed by atoms with Gasteiger partial charge in [0.2, 0.25) is 5.89 Å². The molecule has 2 aromatic heterocycles. The molecular weight excluding hydrogens is 657 g/mol. The van der Waals surface area contributed by atoms with E-state index in [9.17, 15) is 0 Å². The maximum absolute atomic E-state index is 6.62. The molecule has 0 radical (unpaired) electrons. The van der Waals surface area contributed by atoms with Gasteiger partial charge in [0.25, 0.3) is 0 Å². The number of fused-ring (bicyclic) bond motifs is 9. The highest BCUT2D eigenvalue weighted by molar-refractivity contribution is 6.93. The molecule has 6 aromatic carbocycles. The van der Waals surface area contributed by atoms with Crippen molar-refractivity contribution in [1.82, 2.24) is 9.55 Å². The first-order valence-corrected chi connectivity index (χ1v) is 19.3. The summed E-state index contributed by atoms with van der Waals surface area (Å²) < 4.78 is 9.17. The summed E-state index contributed by atoms with van der Waals surface area (Å²) in [5, 5.41) is 2.65. The van der Waals surface area contributed by atoms with Gasteiger partial charge in [0.15, 0.2) is 5.58 Å². The largest absolute Gasteiger partial charge is 0.436 e. The monoisotopic (exact) mass is 703 g/mol. The SMILES string of the molecule is CC(C)(C)c1ccc(N2B3c4cc5nc(-c6ccccc6)oc5cc4-n4c5ccc(C(C)(C)C)cc5c5c(C(C)(C)C)cc(c3c54)-c3ccccc32)cc1. The lowest BCUT2D eigenvalue weighted by Crippen LogP contribution is -2.60. The fourth-order valence-electron chi connectivity index (χ4n) is 9.03. The van der Waals surface area contributed by atoms with Gasteiger partial charge >= 0.3 is 6.85 Å². The van der Waals surface area contributed by atoms with Crippen LogP contribution in [0.5, 0.6) is 0 Å². The molecule has 0 unspecified atom stereocenters. The molecular formula is C49H46BN3O. The van der Waals surface area contributed by atoms with E-state index in [0.29, 0.717) is 5.89 Å². The number of aromatic nitrogens is 2. The van der Waals surface area contributed by atoms with Gasteiger partial charge in [0.05, 0.1) is 11.0 Å². The summed E-state index contributed by atoms with van der Waals surface area (Å²) in [6.45, 7) is 20.8. The predicted molar refractivity (Wildman–Crippen MR) is 229 cm³/mol. The van der Waals surface area contributed by atoms with Gasteiger partial charge in [-0.25, -0.2) is 4.98 Å². The zero-order valence-corrected chi connectivity index (χ0v) is 32.8. The lowest BCUT2D eigenvalue weighted by Gasteiger charge is -2.42. The van der Waals surface area contributed by atoms with Crippen molar-refractivity contribution in [2.75, 3.05) is 4.81 Å². The van der Waals surface area contributed by atoms with Crippen molar-refractivity contribution in [3.63, 3.8) is 0 Å². The Morgan fingerprint density at radius 2 is 1.30 bits per heavy atom. The van der Waals surface area contributed by atoms with Gasteiger partial charge in [-0.2, -0.15) is 0 Å². The van der Waals surface area contributed by atoms with E-state index in [2.05, 4.69) is 169 Å². The number of para-hydroxylation sites is 1.